The van der Waals surface area contributed by atoms with Crippen LogP contribution in [-0.2, 0) is 30.2 Å². The maximum Gasteiger partial charge on any atom is 0.224 e. The van der Waals surface area contributed by atoms with Crippen molar-refractivity contribution in [1.82, 2.24) is 9.88 Å². The molecule has 0 atom stereocenters. The van der Waals surface area contributed by atoms with Crippen LogP contribution in [-0.4, -0.2) is 93.4 Å². The molecule has 10 nitrogen and oxygen atoms in total. The predicted molar refractivity (Wildman–Crippen MR) is 172 cm³/mol. The number of rotatable bonds is 21. The van der Waals surface area contributed by atoms with E-state index in [9.17, 15) is 9.90 Å². The average Bonchev–Trinajstić information content (AvgIpc) is 3.04. The molecule has 0 spiro atoms. The molecule has 44 heavy (non-hydrogen) atoms. The Morgan fingerprint density at radius 3 is 1.82 bits per heavy atom. The SMILES string of the molecule is CCc1c(-c2ccc(OCCOCCOCCOCCOCCC(=O)N(CC)CC)cc2)cnc(N)c1-c1ccc(O)cc1. The van der Waals surface area contributed by atoms with E-state index in [0.717, 1.165) is 53.1 Å². The summed E-state index contributed by atoms with van der Waals surface area (Å²) < 4.78 is 27.9. The number of nitrogens with two attached hydrogens (primary N) is 1. The highest BCUT2D eigenvalue weighted by Crippen LogP contribution is 2.36. The molecule has 3 aromatic rings. The van der Waals surface area contributed by atoms with Gasteiger partial charge in [0, 0.05) is 30.4 Å². The summed E-state index contributed by atoms with van der Waals surface area (Å²) in [6.45, 7) is 11.6. The molecule has 0 aliphatic heterocycles. The molecule has 0 aliphatic carbocycles. The van der Waals surface area contributed by atoms with E-state index in [0.29, 0.717) is 71.7 Å². The predicted octanol–water partition coefficient (Wildman–Crippen LogP) is 4.97. The minimum Gasteiger partial charge on any atom is -0.508 e. The number of benzene rings is 2. The van der Waals surface area contributed by atoms with Gasteiger partial charge in [0.25, 0.3) is 0 Å². The van der Waals surface area contributed by atoms with Gasteiger partial charge in [-0.05, 0) is 61.2 Å². The van der Waals surface area contributed by atoms with Crippen molar-refractivity contribution in [1.29, 1.82) is 0 Å². The molecule has 10 heteroatoms. The minimum atomic E-state index is 0.119. The van der Waals surface area contributed by atoms with Crippen molar-refractivity contribution in [3.63, 3.8) is 0 Å². The molecular weight excluding hydrogens is 562 g/mol. The number of amides is 1. The lowest BCUT2D eigenvalue weighted by Gasteiger charge is -2.18. The van der Waals surface area contributed by atoms with Gasteiger partial charge in [0.1, 0.15) is 23.9 Å². The van der Waals surface area contributed by atoms with Gasteiger partial charge in [-0.2, -0.15) is 0 Å². The summed E-state index contributed by atoms with van der Waals surface area (Å²) in [6, 6.07) is 14.9. The molecule has 1 aromatic heterocycles. The molecule has 0 aliphatic rings. The van der Waals surface area contributed by atoms with Gasteiger partial charge in [-0.15, -0.1) is 0 Å². The number of phenols is 1. The van der Waals surface area contributed by atoms with E-state index < -0.39 is 0 Å². The fraction of sp³-hybridized carbons (Fsp3) is 0.471. The number of anilines is 1. The largest absolute Gasteiger partial charge is 0.508 e. The second-order valence-electron chi connectivity index (χ2n) is 9.95. The van der Waals surface area contributed by atoms with Crippen molar-refractivity contribution in [2.24, 2.45) is 0 Å². The van der Waals surface area contributed by atoms with Gasteiger partial charge < -0.3 is 39.4 Å². The summed E-state index contributed by atoms with van der Waals surface area (Å²) in [6.07, 6.45) is 2.99. The number of ether oxygens (including phenoxy) is 5. The smallest absolute Gasteiger partial charge is 0.224 e. The number of pyridine rings is 1. The summed E-state index contributed by atoms with van der Waals surface area (Å²) in [4.78, 5) is 18.1. The fourth-order valence-corrected chi connectivity index (χ4v) is 4.74. The summed E-state index contributed by atoms with van der Waals surface area (Å²) in [7, 11) is 0. The van der Waals surface area contributed by atoms with Crippen LogP contribution in [0.1, 0.15) is 32.8 Å². The van der Waals surface area contributed by atoms with Crippen LogP contribution in [0.4, 0.5) is 5.82 Å². The molecule has 0 unspecified atom stereocenters. The quantitative estimate of drug-likeness (QED) is 0.161. The van der Waals surface area contributed by atoms with Gasteiger partial charge in [-0.1, -0.05) is 31.2 Å². The van der Waals surface area contributed by atoms with Gasteiger partial charge in [0.2, 0.25) is 5.91 Å². The Morgan fingerprint density at radius 2 is 1.27 bits per heavy atom. The van der Waals surface area contributed by atoms with Crippen LogP contribution in [0, 0.1) is 0 Å². The maximum absolute atomic E-state index is 11.9. The zero-order valence-electron chi connectivity index (χ0n) is 26.3. The number of hydrogen-bond acceptors (Lipinski definition) is 9. The maximum atomic E-state index is 11.9. The van der Waals surface area contributed by atoms with Gasteiger partial charge in [0.05, 0.1) is 59.3 Å². The molecule has 2 aromatic carbocycles. The fourth-order valence-electron chi connectivity index (χ4n) is 4.74. The summed E-state index contributed by atoms with van der Waals surface area (Å²) in [5, 5.41) is 9.68. The number of nitrogens with zero attached hydrogens (tertiary/aromatic N) is 2. The first-order valence-corrected chi connectivity index (χ1v) is 15.4. The lowest BCUT2D eigenvalue weighted by molar-refractivity contribution is -0.132. The highest BCUT2D eigenvalue weighted by molar-refractivity contribution is 5.84. The molecule has 1 heterocycles. The van der Waals surface area contributed by atoms with E-state index in [1.165, 1.54) is 0 Å². The van der Waals surface area contributed by atoms with Crippen molar-refractivity contribution in [3.8, 4) is 33.8 Å². The van der Waals surface area contributed by atoms with Crippen LogP contribution in [0.5, 0.6) is 11.5 Å². The summed E-state index contributed by atoms with van der Waals surface area (Å²) in [5.74, 6) is 1.55. The Morgan fingerprint density at radius 1 is 0.750 bits per heavy atom. The van der Waals surface area contributed by atoms with Crippen LogP contribution in [0.15, 0.2) is 54.7 Å². The second kappa shape index (κ2) is 19.6. The highest BCUT2D eigenvalue weighted by atomic mass is 16.6. The Bertz CT molecular complexity index is 1250. The number of carbonyl (C=O) groups excluding carboxylic acids is 1. The molecule has 0 saturated heterocycles. The van der Waals surface area contributed by atoms with E-state index in [4.69, 9.17) is 29.4 Å². The molecular formula is C34H47N3O7. The Balaban J connectivity index is 1.27. The lowest BCUT2D eigenvalue weighted by Crippen LogP contribution is -2.31. The first kappa shape index (κ1) is 34.8. The standard InChI is InChI=1S/C34H47N3O7/c1-4-30-31(25-36-34(35)33(30)27-7-11-28(38)12-8-27)26-9-13-29(14-10-26)44-24-23-43-22-21-42-20-19-41-18-17-40-16-15-32(39)37(5-2)6-3/h7-14,25,38H,4-6,15-24H2,1-3H3,(H2,35,36). The number of nitrogen functional groups attached to an aromatic ring is 1. The number of aromatic hydroxyl groups is 1. The van der Waals surface area contributed by atoms with E-state index in [2.05, 4.69) is 11.9 Å². The molecule has 1 amide bonds. The first-order chi connectivity index (χ1) is 21.5. The number of carbonyl (C=O) groups is 1. The van der Waals surface area contributed by atoms with E-state index in [1.807, 2.05) is 56.4 Å². The minimum absolute atomic E-state index is 0.119. The number of aromatic nitrogens is 1. The zero-order valence-corrected chi connectivity index (χ0v) is 26.3. The van der Waals surface area contributed by atoms with Crippen molar-refractivity contribution in [2.45, 2.75) is 33.6 Å². The molecule has 3 rings (SSSR count). The van der Waals surface area contributed by atoms with Gasteiger partial charge >= 0.3 is 0 Å². The molecule has 3 N–H and O–H groups in total. The Labute approximate surface area is 261 Å². The lowest BCUT2D eigenvalue weighted by atomic mass is 9.92. The van der Waals surface area contributed by atoms with Crippen LogP contribution in [0.25, 0.3) is 22.3 Å². The summed E-state index contributed by atoms with van der Waals surface area (Å²) in [5.41, 5.74) is 11.2. The van der Waals surface area contributed by atoms with Gasteiger partial charge in [-0.25, -0.2) is 4.98 Å². The van der Waals surface area contributed by atoms with E-state index in [-0.39, 0.29) is 11.7 Å². The van der Waals surface area contributed by atoms with Crippen molar-refractivity contribution >= 4 is 11.7 Å². The third-order valence-corrected chi connectivity index (χ3v) is 7.08. The van der Waals surface area contributed by atoms with Crippen LogP contribution in [0.2, 0.25) is 0 Å². The van der Waals surface area contributed by atoms with E-state index in [1.54, 1.807) is 17.0 Å². The third-order valence-electron chi connectivity index (χ3n) is 7.08. The molecule has 0 fully saturated rings. The first-order valence-electron chi connectivity index (χ1n) is 15.4. The highest BCUT2D eigenvalue weighted by Gasteiger charge is 2.15. The van der Waals surface area contributed by atoms with Crippen LogP contribution >= 0.6 is 0 Å². The molecule has 0 bridgehead atoms. The van der Waals surface area contributed by atoms with E-state index >= 15 is 0 Å². The number of phenolic OH excluding ortho intramolecular Hbond substituents is 1. The second-order valence-corrected chi connectivity index (χ2v) is 9.95. The average molecular weight is 610 g/mol. The number of hydrogen-bond donors (Lipinski definition) is 2. The Kier molecular flexibility index (Phi) is 15.5. The topological polar surface area (TPSA) is 126 Å². The molecule has 0 radical (unpaired) electrons. The van der Waals surface area contributed by atoms with Crippen molar-refractivity contribution < 1.29 is 33.6 Å². The third kappa shape index (κ3) is 11.1. The zero-order chi connectivity index (χ0) is 31.6. The molecule has 240 valence electrons. The monoisotopic (exact) mass is 609 g/mol. The van der Waals surface area contributed by atoms with Gasteiger partial charge in [0.15, 0.2) is 0 Å². The van der Waals surface area contributed by atoms with Crippen molar-refractivity contribution in [2.75, 3.05) is 78.3 Å². The normalized spacial score (nSPS) is 11.1. The van der Waals surface area contributed by atoms with Crippen LogP contribution in [0.3, 0.4) is 0 Å². The van der Waals surface area contributed by atoms with Gasteiger partial charge in [-0.3, -0.25) is 4.79 Å². The van der Waals surface area contributed by atoms with Crippen molar-refractivity contribution in [3.05, 3.63) is 60.3 Å². The summed E-state index contributed by atoms with van der Waals surface area (Å²) >= 11 is 0. The van der Waals surface area contributed by atoms with Crippen LogP contribution < -0.4 is 10.5 Å². The Hall–Kier alpha value is -3.70. The molecule has 0 saturated carbocycles.